The van der Waals surface area contributed by atoms with E-state index in [4.69, 9.17) is 4.74 Å². The molecule has 0 aromatic heterocycles. The summed E-state index contributed by atoms with van der Waals surface area (Å²) in [5, 5.41) is 22.2. The number of ether oxygens (including phenoxy) is 1. The Bertz CT molecular complexity index is 280. The first-order valence-electron chi connectivity index (χ1n) is 6.19. The van der Waals surface area contributed by atoms with Crippen molar-refractivity contribution in [1.29, 1.82) is 0 Å². The fourth-order valence-corrected chi connectivity index (χ4v) is 2.63. The molecule has 0 aliphatic heterocycles. The van der Waals surface area contributed by atoms with E-state index in [-0.39, 0.29) is 17.2 Å². The number of hydrogen-bond acceptors (Lipinski definition) is 4. The average molecular weight is 243 g/mol. The van der Waals surface area contributed by atoms with Gasteiger partial charge in [0.05, 0.1) is 18.8 Å². The number of aliphatic hydroxyl groups excluding tert-OH is 2. The van der Waals surface area contributed by atoms with Gasteiger partial charge in [-0.2, -0.15) is 0 Å². The molecule has 0 bridgehead atoms. The van der Waals surface area contributed by atoms with Gasteiger partial charge in [-0.1, -0.05) is 0 Å². The van der Waals surface area contributed by atoms with Crippen molar-refractivity contribution in [1.82, 2.24) is 5.32 Å². The highest BCUT2D eigenvalue weighted by molar-refractivity contribution is 5.80. The lowest BCUT2D eigenvalue weighted by atomic mass is 9.86. The fourth-order valence-electron chi connectivity index (χ4n) is 2.63. The molecule has 5 heteroatoms. The first kappa shape index (κ1) is 12.8. The second-order valence-corrected chi connectivity index (χ2v) is 5.47. The highest BCUT2D eigenvalue weighted by Crippen LogP contribution is 2.38. The Kier molecular flexibility index (Phi) is 3.70. The lowest BCUT2D eigenvalue weighted by Gasteiger charge is -2.28. The number of rotatable bonds is 5. The van der Waals surface area contributed by atoms with Crippen LogP contribution in [0.4, 0.5) is 0 Å². The number of nitrogens with one attached hydrogen (secondary N) is 1. The lowest BCUT2D eigenvalue weighted by Crippen LogP contribution is -2.40. The Morgan fingerprint density at radius 1 is 1.35 bits per heavy atom. The number of hydrogen-bond donors (Lipinski definition) is 3. The van der Waals surface area contributed by atoms with E-state index in [9.17, 15) is 15.0 Å². The number of carbonyl (C=O) groups excluding carboxylic acids is 1. The SMILES string of the molecule is COCC1(CNC(=O)C2CC2)CC(O)C(O)C1. The molecule has 2 aliphatic rings. The molecule has 0 aromatic rings. The Hall–Kier alpha value is -0.650. The van der Waals surface area contributed by atoms with Crippen molar-refractivity contribution in [3.8, 4) is 0 Å². The van der Waals surface area contributed by atoms with Gasteiger partial charge in [-0.05, 0) is 25.7 Å². The van der Waals surface area contributed by atoms with Gasteiger partial charge in [0.25, 0.3) is 0 Å². The molecule has 17 heavy (non-hydrogen) atoms. The normalized spacial score (nSPS) is 37.1. The third kappa shape index (κ3) is 2.97. The van der Waals surface area contributed by atoms with E-state index in [2.05, 4.69) is 5.32 Å². The van der Waals surface area contributed by atoms with Crippen molar-refractivity contribution in [3.63, 3.8) is 0 Å². The van der Waals surface area contributed by atoms with Crippen molar-refractivity contribution < 1.29 is 19.7 Å². The molecule has 0 heterocycles. The zero-order chi connectivity index (χ0) is 12.5. The van der Waals surface area contributed by atoms with Gasteiger partial charge in [-0.25, -0.2) is 0 Å². The van der Waals surface area contributed by atoms with Gasteiger partial charge in [-0.3, -0.25) is 4.79 Å². The number of methoxy groups -OCH3 is 1. The molecule has 2 unspecified atom stereocenters. The van der Waals surface area contributed by atoms with Gasteiger partial charge in [-0.15, -0.1) is 0 Å². The number of amides is 1. The molecule has 0 radical (unpaired) electrons. The van der Waals surface area contributed by atoms with Crippen molar-refractivity contribution in [2.24, 2.45) is 11.3 Å². The van der Waals surface area contributed by atoms with Gasteiger partial charge in [0.15, 0.2) is 0 Å². The van der Waals surface area contributed by atoms with E-state index in [0.717, 1.165) is 12.8 Å². The zero-order valence-corrected chi connectivity index (χ0v) is 10.2. The van der Waals surface area contributed by atoms with Crippen LogP contribution in [-0.2, 0) is 9.53 Å². The minimum absolute atomic E-state index is 0.0938. The summed E-state index contributed by atoms with van der Waals surface area (Å²) in [6, 6.07) is 0. The minimum atomic E-state index is -0.706. The van der Waals surface area contributed by atoms with Crippen LogP contribution in [-0.4, -0.2) is 48.6 Å². The molecule has 2 aliphatic carbocycles. The third-order valence-electron chi connectivity index (χ3n) is 3.76. The highest BCUT2D eigenvalue weighted by Gasteiger charge is 2.44. The zero-order valence-electron chi connectivity index (χ0n) is 10.2. The van der Waals surface area contributed by atoms with Crippen LogP contribution >= 0.6 is 0 Å². The Morgan fingerprint density at radius 3 is 2.41 bits per heavy atom. The molecule has 0 saturated heterocycles. The van der Waals surface area contributed by atoms with Gasteiger partial charge in [0, 0.05) is 25.0 Å². The second kappa shape index (κ2) is 4.92. The van der Waals surface area contributed by atoms with Crippen molar-refractivity contribution in [2.75, 3.05) is 20.3 Å². The van der Waals surface area contributed by atoms with Crippen molar-refractivity contribution in [3.05, 3.63) is 0 Å². The summed E-state index contributed by atoms with van der Waals surface area (Å²) < 4.78 is 5.16. The molecule has 0 spiro atoms. The molecule has 0 aromatic carbocycles. The molecule has 5 nitrogen and oxygen atoms in total. The smallest absolute Gasteiger partial charge is 0.223 e. The summed E-state index contributed by atoms with van der Waals surface area (Å²) in [6.45, 7) is 0.927. The van der Waals surface area contributed by atoms with Gasteiger partial charge < -0.3 is 20.3 Å². The standard InChI is InChI=1S/C12H21NO4/c1-17-7-12(4-9(14)10(15)5-12)6-13-11(16)8-2-3-8/h8-10,14-15H,2-7H2,1H3,(H,13,16). The predicted molar refractivity (Wildman–Crippen MR) is 61.3 cm³/mol. The highest BCUT2D eigenvalue weighted by atomic mass is 16.5. The van der Waals surface area contributed by atoms with E-state index in [1.807, 2.05) is 0 Å². The van der Waals surface area contributed by atoms with Crippen molar-refractivity contribution in [2.45, 2.75) is 37.9 Å². The van der Waals surface area contributed by atoms with Crippen LogP contribution in [0.5, 0.6) is 0 Å². The summed E-state index contributed by atoms with van der Waals surface area (Å²) in [7, 11) is 1.60. The largest absolute Gasteiger partial charge is 0.390 e. The Labute approximate surface area is 101 Å². The molecule has 2 saturated carbocycles. The van der Waals surface area contributed by atoms with Crippen LogP contribution in [0.3, 0.4) is 0 Å². The molecule has 2 fully saturated rings. The summed E-state index contributed by atoms with van der Waals surface area (Å²) in [5.74, 6) is 0.280. The Balaban J connectivity index is 1.90. The van der Waals surface area contributed by atoms with Crippen LogP contribution in [0.1, 0.15) is 25.7 Å². The maximum Gasteiger partial charge on any atom is 0.223 e. The maximum atomic E-state index is 11.6. The summed E-state index contributed by atoms with van der Waals surface area (Å²) >= 11 is 0. The van der Waals surface area contributed by atoms with Crippen LogP contribution in [0.25, 0.3) is 0 Å². The molecule has 98 valence electrons. The van der Waals surface area contributed by atoms with E-state index >= 15 is 0 Å². The van der Waals surface area contributed by atoms with E-state index in [0.29, 0.717) is 26.0 Å². The van der Waals surface area contributed by atoms with E-state index < -0.39 is 12.2 Å². The van der Waals surface area contributed by atoms with E-state index in [1.54, 1.807) is 7.11 Å². The molecule has 3 N–H and O–H groups in total. The molecular formula is C12H21NO4. The van der Waals surface area contributed by atoms with Crippen LogP contribution in [0, 0.1) is 11.3 Å². The Morgan fingerprint density at radius 2 is 1.94 bits per heavy atom. The van der Waals surface area contributed by atoms with E-state index in [1.165, 1.54) is 0 Å². The number of aliphatic hydroxyl groups is 2. The summed E-state index contributed by atoms with van der Waals surface area (Å²) in [6.07, 6.45) is 1.51. The molecular weight excluding hydrogens is 222 g/mol. The minimum Gasteiger partial charge on any atom is -0.390 e. The summed E-state index contributed by atoms with van der Waals surface area (Å²) in [5.41, 5.74) is -0.321. The molecule has 1 amide bonds. The molecule has 2 atom stereocenters. The predicted octanol–water partition coefficient (Wildman–Crippen LogP) is -0.339. The van der Waals surface area contributed by atoms with Gasteiger partial charge >= 0.3 is 0 Å². The lowest BCUT2D eigenvalue weighted by molar-refractivity contribution is -0.123. The quantitative estimate of drug-likeness (QED) is 0.617. The first-order valence-corrected chi connectivity index (χ1v) is 6.19. The average Bonchev–Trinajstić information content (AvgIpc) is 3.06. The van der Waals surface area contributed by atoms with Crippen LogP contribution < -0.4 is 5.32 Å². The van der Waals surface area contributed by atoms with Gasteiger partial charge in [0.2, 0.25) is 5.91 Å². The number of carbonyl (C=O) groups is 1. The monoisotopic (exact) mass is 243 g/mol. The topological polar surface area (TPSA) is 78.8 Å². The summed E-state index contributed by atoms with van der Waals surface area (Å²) in [4.78, 5) is 11.6. The van der Waals surface area contributed by atoms with Crippen LogP contribution in [0.2, 0.25) is 0 Å². The maximum absolute atomic E-state index is 11.6. The first-order chi connectivity index (χ1) is 8.06. The van der Waals surface area contributed by atoms with Crippen molar-refractivity contribution >= 4 is 5.91 Å². The third-order valence-corrected chi connectivity index (χ3v) is 3.76. The van der Waals surface area contributed by atoms with Crippen LogP contribution in [0.15, 0.2) is 0 Å². The second-order valence-electron chi connectivity index (χ2n) is 5.47. The van der Waals surface area contributed by atoms with Gasteiger partial charge in [0.1, 0.15) is 0 Å². The molecule has 2 rings (SSSR count). The fraction of sp³-hybridized carbons (Fsp3) is 0.917.